The van der Waals surface area contributed by atoms with Crippen molar-refractivity contribution in [3.05, 3.63) is 70.9 Å². The smallest absolute Gasteiger partial charge is 0.257 e. The summed E-state index contributed by atoms with van der Waals surface area (Å²) in [6.45, 7) is 5.12. The second-order valence-electron chi connectivity index (χ2n) is 9.43. The van der Waals surface area contributed by atoms with Crippen LogP contribution in [0.3, 0.4) is 0 Å². The van der Waals surface area contributed by atoms with Gasteiger partial charge in [0.2, 0.25) is 0 Å². The molecule has 0 bridgehead atoms. The average molecular weight is 519 g/mol. The number of nitrogens with one attached hydrogen (secondary N) is 3. The molecule has 0 atom stereocenters. The number of hydrogen-bond donors (Lipinski definition) is 3. The number of carbonyl (C=O) groups excluding carboxylic acids is 1. The number of ether oxygens (including phenoxy) is 1. The van der Waals surface area contributed by atoms with E-state index in [1.54, 1.807) is 13.2 Å². The molecular formula is C28H31ClN6O2. The van der Waals surface area contributed by atoms with Gasteiger partial charge in [0.25, 0.3) is 5.91 Å². The van der Waals surface area contributed by atoms with E-state index in [1.807, 2.05) is 24.3 Å². The first kappa shape index (κ1) is 25.0. The minimum Gasteiger partial charge on any atom is -0.484 e. The van der Waals surface area contributed by atoms with Crippen molar-refractivity contribution in [3.63, 3.8) is 0 Å². The Morgan fingerprint density at radius 3 is 2.57 bits per heavy atom. The number of H-pyrrole nitrogens is 1. The predicted molar refractivity (Wildman–Crippen MR) is 147 cm³/mol. The van der Waals surface area contributed by atoms with Gasteiger partial charge < -0.3 is 20.4 Å². The molecule has 1 saturated heterocycles. The van der Waals surface area contributed by atoms with Crippen LogP contribution in [0.5, 0.6) is 5.75 Å². The highest BCUT2D eigenvalue weighted by Gasteiger charge is 2.22. The Bertz CT molecular complexity index is 1360. The van der Waals surface area contributed by atoms with Gasteiger partial charge in [-0.05, 0) is 49.6 Å². The molecule has 0 radical (unpaired) electrons. The number of hydrogen-bond acceptors (Lipinski definition) is 6. The van der Waals surface area contributed by atoms with Gasteiger partial charge in [0.1, 0.15) is 17.1 Å². The number of aromatic amines is 1. The van der Waals surface area contributed by atoms with E-state index in [4.69, 9.17) is 21.3 Å². The molecule has 3 N–H and O–H groups in total. The zero-order chi connectivity index (χ0) is 25.8. The minimum absolute atomic E-state index is 0.0250. The van der Waals surface area contributed by atoms with Crippen LogP contribution in [0.2, 0.25) is 5.02 Å². The number of imidazole rings is 1. The van der Waals surface area contributed by atoms with Gasteiger partial charge in [0.05, 0.1) is 16.9 Å². The van der Waals surface area contributed by atoms with Crippen LogP contribution in [0.15, 0.2) is 54.7 Å². The number of halogens is 1. The number of aromatic nitrogens is 3. The number of benzene rings is 2. The molecule has 5 rings (SSSR count). The molecule has 4 aromatic rings. The molecule has 37 heavy (non-hydrogen) atoms. The molecule has 2 aromatic carbocycles. The zero-order valence-electron chi connectivity index (χ0n) is 21.1. The van der Waals surface area contributed by atoms with Crippen molar-refractivity contribution in [1.29, 1.82) is 0 Å². The van der Waals surface area contributed by atoms with Gasteiger partial charge in [0.15, 0.2) is 12.3 Å². The predicted octanol–water partition coefficient (Wildman–Crippen LogP) is 4.79. The topological polar surface area (TPSA) is 95.2 Å². The van der Waals surface area contributed by atoms with E-state index in [1.165, 1.54) is 11.1 Å². The van der Waals surface area contributed by atoms with Crippen molar-refractivity contribution in [3.8, 4) is 17.1 Å². The third-order valence-corrected chi connectivity index (χ3v) is 6.99. The van der Waals surface area contributed by atoms with E-state index < -0.39 is 0 Å². The van der Waals surface area contributed by atoms with Crippen LogP contribution in [-0.4, -0.2) is 58.5 Å². The second kappa shape index (κ2) is 11.2. The molecule has 0 aliphatic carbocycles. The van der Waals surface area contributed by atoms with E-state index in [0.29, 0.717) is 28.3 Å². The van der Waals surface area contributed by atoms with Gasteiger partial charge in [-0.1, -0.05) is 41.4 Å². The summed E-state index contributed by atoms with van der Waals surface area (Å²) < 4.78 is 5.49. The Hall–Kier alpha value is -3.62. The van der Waals surface area contributed by atoms with Crippen molar-refractivity contribution in [2.45, 2.75) is 32.4 Å². The number of amides is 1. The lowest BCUT2D eigenvalue weighted by Crippen LogP contribution is -2.38. The minimum atomic E-state index is -0.179. The Morgan fingerprint density at radius 1 is 1.14 bits per heavy atom. The van der Waals surface area contributed by atoms with Crippen molar-refractivity contribution < 1.29 is 9.53 Å². The SMILES string of the molecule is CNC(=O)COc1ccc(-c2nc3c(NC4CCN(Cc5ccc(C)cc5)CC4)c(Cl)cnc3[nH]2)cc1. The molecule has 9 heteroatoms. The highest BCUT2D eigenvalue weighted by Crippen LogP contribution is 2.32. The van der Waals surface area contributed by atoms with Crippen molar-refractivity contribution in [1.82, 2.24) is 25.2 Å². The van der Waals surface area contributed by atoms with Crippen LogP contribution in [0.4, 0.5) is 5.69 Å². The summed E-state index contributed by atoms with van der Waals surface area (Å²) in [6.07, 6.45) is 3.72. The fourth-order valence-corrected chi connectivity index (χ4v) is 4.72. The summed E-state index contributed by atoms with van der Waals surface area (Å²) in [7, 11) is 1.58. The first-order chi connectivity index (χ1) is 18.0. The molecule has 3 heterocycles. The monoisotopic (exact) mass is 518 g/mol. The quantitative estimate of drug-likeness (QED) is 0.310. The van der Waals surface area contributed by atoms with Gasteiger partial charge in [-0.3, -0.25) is 9.69 Å². The number of likely N-dealkylation sites (N-methyl/N-ethyl adjacent to an activating group) is 1. The summed E-state index contributed by atoms with van der Waals surface area (Å²) >= 11 is 6.58. The molecule has 1 aliphatic heterocycles. The summed E-state index contributed by atoms with van der Waals surface area (Å²) in [4.78, 5) is 26.5. The molecule has 0 saturated carbocycles. The van der Waals surface area contributed by atoms with Crippen LogP contribution in [-0.2, 0) is 11.3 Å². The Kier molecular flexibility index (Phi) is 7.58. The number of anilines is 1. The van der Waals surface area contributed by atoms with E-state index >= 15 is 0 Å². The number of aryl methyl sites for hydroxylation is 1. The highest BCUT2D eigenvalue weighted by atomic mass is 35.5. The molecule has 0 spiro atoms. The van der Waals surface area contributed by atoms with Crippen molar-refractivity contribution in [2.24, 2.45) is 0 Å². The van der Waals surface area contributed by atoms with Gasteiger partial charge in [0, 0.05) is 38.3 Å². The Labute approximate surface area is 221 Å². The first-order valence-electron chi connectivity index (χ1n) is 12.5. The number of piperidine rings is 1. The van der Waals surface area contributed by atoms with Gasteiger partial charge in [-0.15, -0.1) is 0 Å². The zero-order valence-corrected chi connectivity index (χ0v) is 21.8. The molecule has 1 amide bonds. The number of likely N-dealkylation sites (tertiary alicyclic amines) is 1. The summed E-state index contributed by atoms with van der Waals surface area (Å²) in [5, 5.41) is 6.75. The summed E-state index contributed by atoms with van der Waals surface area (Å²) in [5.74, 6) is 1.13. The molecular weight excluding hydrogens is 488 g/mol. The van der Waals surface area contributed by atoms with Crippen LogP contribution < -0.4 is 15.4 Å². The maximum atomic E-state index is 11.4. The number of rotatable bonds is 8. The van der Waals surface area contributed by atoms with Crippen molar-refractivity contribution >= 4 is 34.4 Å². The molecule has 0 unspecified atom stereocenters. The lowest BCUT2D eigenvalue weighted by atomic mass is 10.0. The third kappa shape index (κ3) is 6.03. The molecule has 1 fully saturated rings. The summed E-state index contributed by atoms with van der Waals surface area (Å²) in [6, 6.07) is 16.5. The molecule has 8 nitrogen and oxygen atoms in total. The lowest BCUT2D eigenvalue weighted by Gasteiger charge is -2.33. The number of pyridine rings is 1. The molecule has 192 valence electrons. The van der Waals surface area contributed by atoms with E-state index in [2.05, 4.69) is 56.7 Å². The van der Waals surface area contributed by atoms with Crippen LogP contribution in [0.1, 0.15) is 24.0 Å². The number of nitrogens with zero attached hydrogens (tertiary/aromatic N) is 3. The fraction of sp³-hybridized carbons (Fsp3) is 0.321. The number of carbonyl (C=O) groups is 1. The highest BCUT2D eigenvalue weighted by molar-refractivity contribution is 6.34. The van der Waals surface area contributed by atoms with Crippen molar-refractivity contribution in [2.75, 3.05) is 32.1 Å². The van der Waals surface area contributed by atoms with E-state index in [9.17, 15) is 4.79 Å². The number of fused-ring (bicyclic) bond motifs is 1. The first-order valence-corrected chi connectivity index (χ1v) is 12.9. The van der Waals surface area contributed by atoms with Gasteiger partial charge in [-0.2, -0.15) is 0 Å². The van der Waals surface area contributed by atoms with E-state index in [0.717, 1.165) is 49.2 Å². The molecule has 2 aromatic heterocycles. The maximum absolute atomic E-state index is 11.4. The van der Waals surface area contributed by atoms with Crippen LogP contribution >= 0.6 is 11.6 Å². The normalized spacial score (nSPS) is 14.6. The Morgan fingerprint density at radius 2 is 1.86 bits per heavy atom. The average Bonchev–Trinajstić information content (AvgIpc) is 3.36. The standard InChI is InChI=1S/C28H31ClN6O2/c1-18-3-5-19(6-4-18)16-35-13-11-21(12-14-35)32-25-23(29)15-31-28-26(25)33-27(34-28)20-7-9-22(10-8-20)37-17-24(36)30-2/h3-10,15,21H,11-14,16-17H2,1-2H3,(H,30,36)(H2,31,32,33,34). The molecule has 1 aliphatic rings. The van der Waals surface area contributed by atoms with Crippen LogP contribution in [0, 0.1) is 6.92 Å². The van der Waals surface area contributed by atoms with Gasteiger partial charge in [-0.25, -0.2) is 9.97 Å². The fourth-order valence-electron chi connectivity index (χ4n) is 4.53. The maximum Gasteiger partial charge on any atom is 0.257 e. The lowest BCUT2D eigenvalue weighted by molar-refractivity contribution is -0.122. The van der Waals surface area contributed by atoms with Gasteiger partial charge >= 0.3 is 0 Å². The second-order valence-corrected chi connectivity index (χ2v) is 9.84. The Balaban J connectivity index is 1.25. The third-order valence-electron chi connectivity index (χ3n) is 6.71. The summed E-state index contributed by atoms with van der Waals surface area (Å²) in [5.41, 5.74) is 5.75. The van der Waals surface area contributed by atoms with E-state index in [-0.39, 0.29) is 12.5 Å². The largest absolute Gasteiger partial charge is 0.484 e. The van der Waals surface area contributed by atoms with Crippen LogP contribution in [0.25, 0.3) is 22.6 Å².